The van der Waals surface area contributed by atoms with Gasteiger partial charge in [-0.3, -0.25) is 28.4 Å². The number of H-pyrrole nitrogens is 1. The van der Waals surface area contributed by atoms with E-state index in [-0.39, 0.29) is 34.4 Å². The Kier molecular flexibility index (Phi) is 11.5. The molecular formula is C47H41FN6O5. The molecule has 1 aromatic heterocycles. The number of alkyl halides is 1. The highest BCUT2D eigenvalue weighted by atomic mass is 19.1. The molecule has 6 aromatic carbocycles. The number of ketones is 4. The first-order valence-electron chi connectivity index (χ1n) is 18.9. The van der Waals surface area contributed by atoms with Gasteiger partial charge in [-0.2, -0.15) is 0 Å². The maximum Gasteiger partial charge on any atom is 0.196 e. The first kappa shape index (κ1) is 39.5. The molecule has 0 fully saturated rings. The Labute approximate surface area is 341 Å². The van der Waals surface area contributed by atoms with Gasteiger partial charge < -0.3 is 26.3 Å². The number of aldehydes is 1. The number of nitrogen functional groups attached to an aromatic ring is 2. The topological polar surface area (TPSA) is 173 Å². The molecule has 2 aliphatic carbocycles. The van der Waals surface area contributed by atoms with E-state index in [1.807, 2.05) is 92.6 Å². The average molecular weight is 790 g/mol. The minimum absolute atomic E-state index is 0.132. The lowest BCUT2D eigenvalue weighted by Crippen LogP contribution is -2.22. The molecule has 0 unspecified atom stereocenters. The van der Waals surface area contributed by atoms with Crippen LogP contribution < -0.4 is 21.3 Å². The molecule has 2 aliphatic rings. The Morgan fingerprint density at radius 3 is 1.53 bits per heavy atom. The van der Waals surface area contributed by atoms with Gasteiger partial charge in [0.25, 0.3) is 0 Å². The van der Waals surface area contributed by atoms with Crippen molar-refractivity contribution < 1.29 is 29.7 Å². The van der Waals surface area contributed by atoms with Gasteiger partial charge in [-0.15, -0.1) is 0 Å². The molecule has 7 aromatic rings. The van der Waals surface area contributed by atoms with Crippen LogP contribution in [0.2, 0.25) is 0 Å². The summed E-state index contributed by atoms with van der Waals surface area (Å²) >= 11 is 0. The van der Waals surface area contributed by atoms with Crippen LogP contribution in [0.5, 0.6) is 0 Å². The largest absolute Gasteiger partial charge is 0.397 e. The summed E-state index contributed by atoms with van der Waals surface area (Å²) in [5.74, 6) is -0.0477. The molecule has 296 valence electrons. The van der Waals surface area contributed by atoms with E-state index in [1.54, 1.807) is 66.7 Å². The van der Waals surface area contributed by atoms with Crippen LogP contribution in [0.3, 0.4) is 0 Å². The van der Waals surface area contributed by atoms with Crippen LogP contribution in [0.25, 0.3) is 22.4 Å². The molecule has 0 saturated carbocycles. The highest BCUT2D eigenvalue weighted by Gasteiger charge is 2.33. The lowest BCUT2D eigenvalue weighted by atomic mass is 9.83. The maximum absolute atomic E-state index is 13.1. The molecule has 59 heavy (non-hydrogen) atoms. The van der Waals surface area contributed by atoms with Crippen molar-refractivity contribution in [1.82, 2.24) is 9.97 Å². The molecule has 0 saturated heterocycles. The number of carbonyl (C=O) groups is 5. The first-order chi connectivity index (χ1) is 28.8. The number of hydrogen-bond acceptors (Lipinski definition) is 10. The van der Waals surface area contributed by atoms with Crippen LogP contribution in [0, 0.1) is 0 Å². The summed E-state index contributed by atoms with van der Waals surface area (Å²) in [6, 6.07) is 35.8. The smallest absolute Gasteiger partial charge is 0.196 e. The first-order valence-corrected chi connectivity index (χ1v) is 18.2. The Hall–Kier alpha value is -7.73. The zero-order valence-corrected chi connectivity index (χ0v) is 32.7. The quantitative estimate of drug-likeness (QED) is 0.118. The van der Waals surface area contributed by atoms with Gasteiger partial charge in [0.05, 0.1) is 36.5 Å². The number of anilines is 4. The van der Waals surface area contributed by atoms with Crippen molar-refractivity contribution in [2.75, 3.05) is 56.6 Å². The van der Waals surface area contributed by atoms with E-state index in [0.29, 0.717) is 56.0 Å². The molecule has 11 nitrogen and oxygen atoms in total. The van der Waals surface area contributed by atoms with Gasteiger partial charge in [0.2, 0.25) is 0 Å². The molecule has 5 N–H and O–H groups in total. The molecular weight excluding hydrogens is 748 g/mol. The van der Waals surface area contributed by atoms with Crippen LogP contribution in [0.4, 0.5) is 27.1 Å². The van der Waals surface area contributed by atoms with Crippen LogP contribution in [-0.2, 0) is 0 Å². The van der Waals surface area contributed by atoms with Crippen molar-refractivity contribution in [1.29, 1.82) is 0 Å². The van der Waals surface area contributed by atoms with E-state index >= 15 is 0 Å². The number of rotatable bonds is 4. The number of imidazole rings is 1. The number of hydrogen-bond donors (Lipinski definition) is 3. The third-order valence-electron chi connectivity index (χ3n) is 9.91. The monoisotopic (exact) mass is 789 g/mol. The van der Waals surface area contributed by atoms with Crippen LogP contribution in [0.15, 0.2) is 121 Å². The van der Waals surface area contributed by atoms with Crippen LogP contribution in [-0.4, -0.2) is 74.7 Å². The molecule has 0 radical (unpaired) electrons. The van der Waals surface area contributed by atoms with E-state index in [4.69, 9.17) is 12.8 Å². The number of nitrogens with two attached hydrogens (primary N) is 2. The van der Waals surface area contributed by atoms with Crippen LogP contribution in [0.1, 0.15) is 75.4 Å². The fourth-order valence-electron chi connectivity index (χ4n) is 6.79. The summed E-state index contributed by atoms with van der Waals surface area (Å²) in [7, 11) is 6.91. The summed E-state index contributed by atoms with van der Waals surface area (Å²) in [6.07, 6.45) is 0.847. The number of benzene rings is 6. The zero-order chi connectivity index (χ0) is 43.2. The van der Waals surface area contributed by atoms with E-state index in [0.717, 1.165) is 34.3 Å². The third-order valence-corrected chi connectivity index (χ3v) is 9.91. The van der Waals surface area contributed by atoms with Crippen molar-refractivity contribution in [3.8, 4) is 11.4 Å². The van der Waals surface area contributed by atoms with Gasteiger partial charge in [0.1, 0.15) is 17.6 Å². The molecule has 0 bridgehead atoms. The van der Waals surface area contributed by atoms with Gasteiger partial charge >= 0.3 is 0 Å². The van der Waals surface area contributed by atoms with Gasteiger partial charge in [-0.05, 0) is 72.8 Å². The van der Waals surface area contributed by atoms with E-state index in [1.165, 1.54) is 0 Å². The number of aromatic amines is 1. The predicted octanol–water partition coefficient (Wildman–Crippen LogP) is 7.85. The van der Waals surface area contributed by atoms with Crippen molar-refractivity contribution in [2.24, 2.45) is 0 Å². The van der Waals surface area contributed by atoms with Crippen molar-refractivity contribution in [3.05, 3.63) is 171 Å². The van der Waals surface area contributed by atoms with Crippen molar-refractivity contribution >= 4 is 63.2 Å². The molecule has 9 rings (SSSR count). The summed E-state index contributed by atoms with van der Waals surface area (Å²) in [6.45, 7) is 0. The Bertz CT molecular complexity index is 2780. The fraction of sp³-hybridized carbons (Fsp3) is 0.106. The highest BCUT2D eigenvalue weighted by molar-refractivity contribution is 6.32. The summed E-state index contributed by atoms with van der Waals surface area (Å²) in [5.41, 5.74) is 20.1. The normalized spacial score (nSPS) is 12.1. The second kappa shape index (κ2) is 17.2. The Balaban J connectivity index is 0.000000161. The summed E-state index contributed by atoms with van der Waals surface area (Å²) in [5, 5.41) is 0. The number of nitrogens with zero attached hydrogens (tertiary/aromatic N) is 3. The number of halogens is 1. The van der Waals surface area contributed by atoms with Crippen LogP contribution >= 0.6 is 0 Å². The number of nitrogens with one attached hydrogen (secondary N) is 1. The number of fused-ring (bicyclic) bond motifs is 6. The summed E-state index contributed by atoms with van der Waals surface area (Å²) in [4.78, 5) is 72.9. The van der Waals surface area contributed by atoms with Gasteiger partial charge in [-0.1, -0.05) is 48.5 Å². The Morgan fingerprint density at radius 1 is 0.593 bits per heavy atom. The second-order valence-corrected chi connectivity index (χ2v) is 13.9. The molecule has 0 amide bonds. The number of carbonyl (C=O) groups excluding carboxylic acids is 5. The average Bonchev–Trinajstić information content (AvgIpc) is 3.71. The SMILES string of the molecule is CN(C)c1ccc(-c2nc3c4c(ccc3[nH]2)C(=O)c2ccccc2C4=O)cc1.CN(C)c1ccc(C=O)cc1.Nc1ccc2c(c1N)C(=O)c1ccccc1C2=O.[2H]CF. The molecule has 0 atom stereocenters. The summed E-state index contributed by atoms with van der Waals surface area (Å²) < 4.78 is 15.5. The van der Waals surface area contributed by atoms with E-state index in [9.17, 15) is 28.4 Å². The van der Waals surface area contributed by atoms with Gasteiger partial charge in [-0.25, -0.2) is 4.98 Å². The predicted molar refractivity (Wildman–Crippen MR) is 231 cm³/mol. The maximum atomic E-state index is 13.1. The number of aromatic nitrogens is 2. The third kappa shape index (κ3) is 7.83. The molecule has 0 aliphatic heterocycles. The lowest BCUT2D eigenvalue weighted by Gasteiger charge is -2.19. The molecule has 1 heterocycles. The fourth-order valence-corrected chi connectivity index (χ4v) is 6.79. The standard InChI is InChI=1S/C23H17N3O2.C14H10N2O2.C9H11NO.CH3F/c1-26(2)14-9-7-13(8-10-14)23-24-18-12-11-17-19(20(18)25-23)22(28)16-6-4-3-5-15(16)21(17)27;15-10-6-5-9-11(12(10)16)14(18)8-4-2-1-3-7(8)13(9)17;1-10(2)9-5-3-8(7-11)4-6-9;1-2/h3-12H,1-2H3,(H,24,25);1-6H,15-16H2;3-7H,1-2H3;1H3/i;;;1D. The lowest BCUT2D eigenvalue weighted by molar-refractivity contribution is 0.0980. The van der Waals surface area contributed by atoms with E-state index in [2.05, 4.69) is 9.97 Å². The van der Waals surface area contributed by atoms with Crippen molar-refractivity contribution in [2.45, 2.75) is 0 Å². The van der Waals surface area contributed by atoms with Gasteiger partial charge in [0.15, 0.2) is 23.1 Å². The highest BCUT2D eigenvalue weighted by Crippen LogP contribution is 2.35. The minimum atomic E-state index is -1.00. The Morgan fingerprint density at radius 2 is 1.03 bits per heavy atom. The van der Waals surface area contributed by atoms with Gasteiger partial charge in [0, 0.05) is 84.1 Å². The van der Waals surface area contributed by atoms with Crippen molar-refractivity contribution in [3.63, 3.8) is 0 Å². The minimum Gasteiger partial charge on any atom is -0.397 e. The molecule has 0 spiro atoms. The zero-order valence-electron chi connectivity index (χ0n) is 33.7. The van der Waals surface area contributed by atoms with E-state index < -0.39 is 7.15 Å². The second-order valence-electron chi connectivity index (χ2n) is 13.9. The molecule has 12 heteroatoms.